The summed E-state index contributed by atoms with van der Waals surface area (Å²) in [5.74, 6) is -1.21. The average Bonchev–Trinajstić information content (AvgIpc) is 2.83. The summed E-state index contributed by atoms with van der Waals surface area (Å²) in [6, 6.07) is 8.71. The summed E-state index contributed by atoms with van der Waals surface area (Å²) in [4.78, 5) is 34.8. The second kappa shape index (κ2) is 10.2. The largest absolute Gasteiger partial charge is 0.364 e. The molecule has 0 spiro atoms. The van der Waals surface area contributed by atoms with E-state index in [0.29, 0.717) is 18.7 Å². The third-order valence-corrected chi connectivity index (χ3v) is 5.93. The van der Waals surface area contributed by atoms with Gasteiger partial charge in [-0.05, 0) is 36.0 Å². The number of hydrogen-bond acceptors (Lipinski definition) is 8. The quantitative estimate of drug-likeness (QED) is 0.477. The molecule has 1 aliphatic heterocycles. The minimum absolute atomic E-state index is 0.00979. The van der Waals surface area contributed by atoms with Gasteiger partial charge < -0.3 is 21.3 Å². The number of carbonyl (C=O) groups is 2. The van der Waals surface area contributed by atoms with Crippen LogP contribution in [0.4, 0.5) is 21.8 Å². The Kier molecular flexibility index (Phi) is 7.09. The van der Waals surface area contributed by atoms with Gasteiger partial charge in [-0.15, -0.1) is 10.2 Å². The highest BCUT2D eigenvalue weighted by Gasteiger charge is 2.26. The lowest BCUT2D eigenvalue weighted by atomic mass is 9.86. The van der Waals surface area contributed by atoms with E-state index in [0.717, 1.165) is 24.6 Å². The van der Waals surface area contributed by atoms with Crippen LogP contribution in [-0.2, 0) is 5.41 Å². The van der Waals surface area contributed by atoms with E-state index in [2.05, 4.69) is 51.6 Å². The summed E-state index contributed by atoms with van der Waals surface area (Å²) in [5, 5.41) is 13.9. The third-order valence-electron chi connectivity index (χ3n) is 5.93. The first kappa shape index (κ1) is 25.0. The highest BCUT2D eigenvalue weighted by Crippen LogP contribution is 2.24. The molecule has 1 saturated heterocycles. The molecule has 10 nitrogen and oxygen atoms in total. The van der Waals surface area contributed by atoms with E-state index >= 15 is 0 Å². The molecule has 1 atom stereocenters. The van der Waals surface area contributed by atoms with Crippen LogP contribution in [0.25, 0.3) is 0 Å². The summed E-state index contributed by atoms with van der Waals surface area (Å²) in [6.45, 7) is 7.49. The SMILES string of the molecule is CC(C)(C)c1ccc(C(=O)NC2CCCN(c3nnc(C(N)=O)c(Nc4cncc(F)c4)n3)C2)cc1. The molecule has 188 valence electrons. The van der Waals surface area contributed by atoms with Gasteiger partial charge in [0.2, 0.25) is 5.95 Å². The Hall–Kier alpha value is -4.15. The van der Waals surface area contributed by atoms with Crippen LogP contribution in [0.5, 0.6) is 0 Å². The van der Waals surface area contributed by atoms with E-state index in [1.165, 1.54) is 12.3 Å². The molecule has 36 heavy (non-hydrogen) atoms. The second-order valence-electron chi connectivity index (χ2n) is 9.78. The lowest BCUT2D eigenvalue weighted by molar-refractivity contribution is 0.0931. The summed E-state index contributed by atoms with van der Waals surface area (Å²) >= 11 is 0. The molecule has 1 aliphatic rings. The molecule has 0 radical (unpaired) electrons. The van der Waals surface area contributed by atoms with E-state index in [9.17, 15) is 14.0 Å². The van der Waals surface area contributed by atoms with E-state index < -0.39 is 11.7 Å². The van der Waals surface area contributed by atoms with Crippen LogP contribution in [0.1, 0.15) is 60.0 Å². The highest BCUT2D eigenvalue weighted by molar-refractivity contribution is 5.96. The Labute approximate surface area is 208 Å². The molecule has 1 aromatic carbocycles. The Morgan fingerprint density at radius 3 is 2.56 bits per heavy atom. The molecular weight excluding hydrogens is 463 g/mol. The molecule has 2 amide bonds. The number of nitrogens with two attached hydrogens (primary N) is 1. The molecule has 0 saturated carbocycles. The van der Waals surface area contributed by atoms with E-state index in [1.807, 2.05) is 29.2 Å². The standard InChI is InChI=1S/C25H29FN8O2/c1-25(2,3)16-8-6-15(7-9-16)23(36)30-18-5-4-10-34(14-18)24-31-22(20(21(27)35)32-33-24)29-19-11-17(26)12-28-13-19/h6-9,11-13,18H,4-5,10,14H2,1-3H3,(H2,27,35)(H,30,36)(H,29,31,33). The molecule has 1 unspecified atom stereocenters. The Morgan fingerprint density at radius 2 is 1.89 bits per heavy atom. The van der Waals surface area contributed by atoms with Crippen LogP contribution in [0.2, 0.25) is 0 Å². The van der Waals surface area contributed by atoms with Crippen LogP contribution in [0.15, 0.2) is 42.7 Å². The first-order chi connectivity index (χ1) is 17.1. The second-order valence-corrected chi connectivity index (χ2v) is 9.78. The van der Waals surface area contributed by atoms with Crippen molar-refractivity contribution in [3.63, 3.8) is 0 Å². The zero-order chi connectivity index (χ0) is 25.9. The molecular formula is C25H29FN8O2. The van der Waals surface area contributed by atoms with Crippen LogP contribution in [0.3, 0.4) is 0 Å². The van der Waals surface area contributed by atoms with Gasteiger partial charge in [0.15, 0.2) is 11.5 Å². The Morgan fingerprint density at radius 1 is 1.14 bits per heavy atom. The maximum absolute atomic E-state index is 13.6. The van der Waals surface area contributed by atoms with Crippen molar-refractivity contribution in [3.05, 3.63) is 65.4 Å². The van der Waals surface area contributed by atoms with E-state index in [1.54, 1.807) is 0 Å². The molecule has 3 aromatic rings. The highest BCUT2D eigenvalue weighted by atomic mass is 19.1. The van der Waals surface area contributed by atoms with Gasteiger partial charge in [0.1, 0.15) is 5.82 Å². The van der Waals surface area contributed by atoms with Gasteiger partial charge in [0, 0.05) is 30.8 Å². The maximum atomic E-state index is 13.6. The molecule has 1 fully saturated rings. The van der Waals surface area contributed by atoms with Gasteiger partial charge in [-0.25, -0.2) is 4.39 Å². The number of amides is 2. The smallest absolute Gasteiger partial charge is 0.273 e. The number of nitrogens with zero attached hydrogens (tertiary/aromatic N) is 5. The fraction of sp³-hybridized carbons (Fsp3) is 0.360. The van der Waals surface area contributed by atoms with Crippen molar-refractivity contribution in [1.29, 1.82) is 0 Å². The number of piperidine rings is 1. The molecule has 0 aliphatic carbocycles. The van der Waals surface area contributed by atoms with Gasteiger partial charge >= 0.3 is 0 Å². The molecule has 4 rings (SSSR count). The summed E-state index contributed by atoms with van der Waals surface area (Å²) < 4.78 is 13.6. The number of nitrogens with one attached hydrogen (secondary N) is 2. The van der Waals surface area contributed by atoms with Gasteiger partial charge in [0.05, 0.1) is 18.1 Å². The Bertz CT molecular complexity index is 1260. The van der Waals surface area contributed by atoms with Crippen molar-refractivity contribution in [2.75, 3.05) is 23.3 Å². The summed E-state index contributed by atoms with van der Waals surface area (Å²) in [7, 11) is 0. The number of anilines is 3. The van der Waals surface area contributed by atoms with Crippen LogP contribution >= 0.6 is 0 Å². The van der Waals surface area contributed by atoms with Gasteiger partial charge in [0.25, 0.3) is 11.8 Å². The number of carbonyl (C=O) groups excluding carboxylic acids is 2. The monoisotopic (exact) mass is 492 g/mol. The molecule has 11 heteroatoms. The van der Waals surface area contributed by atoms with Crippen molar-refractivity contribution >= 4 is 29.3 Å². The molecule has 0 bridgehead atoms. The lowest BCUT2D eigenvalue weighted by Crippen LogP contribution is -2.48. The minimum Gasteiger partial charge on any atom is -0.364 e. The third kappa shape index (κ3) is 5.91. The van der Waals surface area contributed by atoms with Crippen molar-refractivity contribution in [3.8, 4) is 0 Å². The lowest BCUT2D eigenvalue weighted by Gasteiger charge is -2.33. The van der Waals surface area contributed by atoms with Crippen molar-refractivity contribution in [2.24, 2.45) is 5.73 Å². The maximum Gasteiger partial charge on any atom is 0.273 e. The number of halogens is 1. The van der Waals surface area contributed by atoms with Crippen molar-refractivity contribution in [2.45, 2.75) is 45.1 Å². The predicted molar refractivity (Wildman–Crippen MR) is 134 cm³/mol. The Balaban J connectivity index is 1.48. The normalized spacial score (nSPS) is 15.9. The summed E-state index contributed by atoms with van der Waals surface area (Å²) in [5.41, 5.74) is 7.29. The van der Waals surface area contributed by atoms with E-state index in [-0.39, 0.29) is 40.5 Å². The van der Waals surface area contributed by atoms with Gasteiger partial charge in [-0.3, -0.25) is 14.6 Å². The number of primary amides is 1. The van der Waals surface area contributed by atoms with Crippen LogP contribution in [0, 0.1) is 5.82 Å². The zero-order valence-electron chi connectivity index (χ0n) is 20.5. The molecule has 3 heterocycles. The fourth-order valence-corrected chi connectivity index (χ4v) is 3.99. The number of hydrogen-bond donors (Lipinski definition) is 3. The van der Waals surface area contributed by atoms with Gasteiger partial charge in [-0.1, -0.05) is 32.9 Å². The summed E-state index contributed by atoms with van der Waals surface area (Å²) in [6.07, 6.45) is 4.04. The molecule has 2 aromatic heterocycles. The first-order valence-electron chi connectivity index (χ1n) is 11.7. The van der Waals surface area contributed by atoms with Crippen molar-refractivity contribution < 1.29 is 14.0 Å². The number of aromatic nitrogens is 4. The number of benzene rings is 1. The number of pyridine rings is 1. The fourth-order valence-electron chi connectivity index (χ4n) is 3.99. The first-order valence-corrected chi connectivity index (χ1v) is 11.7. The molecule has 4 N–H and O–H groups in total. The minimum atomic E-state index is -0.824. The van der Waals surface area contributed by atoms with Crippen molar-refractivity contribution in [1.82, 2.24) is 25.5 Å². The zero-order valence-corrected chi connectivity index (χ0v) is 20.5. The van der Waals surface area contributed by atoms with E-state index in [4.69, 9.17) is 5.73 Å². The topological polar surface area (TPSA) is 139 Å². The predicted octanol–water partition coefficient (Wildman–Crippen LogP) is 2.94. The van der Waals surface area contributed by atoms with Crippen LogP contribution < -0.4 is 21.3 Å². The van der Waals surface area contributed by atoms with Crippen LogP contribution in [-0.4, -0.2) is 51.1 Å². The number of rotatable bonds is 6. The average molecular weight is 493 g/mol. The van der Waals surface area contributed by atoms with Gasteiger partial charge in [-0.2, -0.15) is 4.98 Å².